The largest absolute Gasteiger partial charge is 0.489 e. The molecule has 0 bridgehead atoms. The number of nitrogens with one attached hydrogen (secondary N) is 1. The van der Waals surface area contributed by atoms with Gasteiger partial charge < -0.3 is 20.9 Å². The minimum atomic E-state index is -0.822. The minimum absolute atomic E-state index is 0. The molecule has 26 heavy (non-hydrogen) atoms. The fraction of sp³-hybridized carbons (Fsp3) is 0.278. The molecule has 4 N–H and O–H groups in total. The fourth-order valence-electron chi connectivity index (χ4n) is 2.09. The molecule has 0 aliphatic carbocycles. The van der Waals surface area contributed by atoms with Gasteiger partial charge in [0, 0.05) is 5.69 Å². The molecule has 142 valence electrons. The monoisotopic (exact) mass is 509 g/mol. The van der Waals surface area contributed by atoms with Crippen LogP contribution in [0.25, 0.3) is 0 Å². The third kappa shape index (κ3) is 7.19. The predicted molar refractivity (Wildman–Crippen MR) is 119 cm³/mol. The van der Waals surface area contributed by atoms with Gasteiger partial charge in [0.25, 0.3) is 0 Å². The molecule has 0 heterocycles. The number of aliphatic imine (C=N–C) groups is 1. The van der Waals surface area contributed by atoms with E-state index in [0.717, 1.165) is 12.1 Å². The third-order valence-electron chi connectivity index (χ3n) is 3.43. The summed E-state index contributed by atoms with van der Waals surface area (Å²) in [5.41, 5.74) is 7.90. The van der Waals surface area contributed by atoms with Crippen molar-refractivity contribution in [1.82, 2.24) is 0 Å². The van der Waals surface area contributed by atoms with Gasteiger partial charge in [-0.3, -0.25) is 4.99 Å². The molecule has 0 amide bonds. The zero-order valence-corrected chi connectivity index (χ0v) is 18.1. The number of anilines is 1. The van der Waals surface area contributed by atoms with E-state index in [0.29, 0.717) is 15.8 Å². The Hall–Kier alpha value is -1.22. The van der Waals surface area contributed by atoms with Gasteiger partial charge in [0.15, 0.2) is 5.96 Å². The molecule has 1 unspecified atom stereocenters. The van der Waals surface area contributed by atoms with Crippen LogP contribution in [0.1, 0.15) is 12.5 Å². The molecule has 2 aromatic carbocycles. The number of rotatable bonds is 7. The fourth-order valence-corrected chi connectivity index (χ4v) is 2.44. The Morgan fingerprint density at radius 2 is 2.00 bits per heavy atom. The van der Waals surface area contributed by atoms with E-state index in [1.165, 1.54) is 5.56 Å². The summed E-state index contributed by atoms with van der Waals surface area (Å²) in [7, 11) is 0. The Morgan fingerprint density at radius 3 is 2.73 bits per heavy atom. The van der Waals surface area contributed by atoms with Crippen molar-refractivity contribution >= 4 is 58.8 Å². The number of benzene rings is 2. The number of ether oxygens (including phenoxy) is 1. The highest BCUT2D eigenvalue weighted by atomic mass is 127. The standard InChI is InChI=1S/C18H21Cl2N3O2.HI/c1-2-12-5-3-6-13(9-12)23-18(21)22-10-14(24)11-25-16-8-4-7-15(19)17(16)20;/h3-9,14,24H,2,10-11H2,1H3,(H3,21,22,23);1H. The maximum Gasteiger partial charge on any atom is 0.193 e. The van der Waals surface area contributed by atoms with Crippen molar-refractivity contribution in [3.63, 3.8) is 0 Å². The molecule has 0 fully saturated rings. The summed E-state index contributed by atoms with van der Waals surface area (Å²) in [6.07, 6.45) is 0.117. The molecule has 2 aromatic rings. The number of hydrogen-bond donors (Lipinski definition) is 3. The van der Waals surface area contributed by atoms with Gasteiger partial charge >= 0.3 is 0 Å². The Balaban J connectivity index is 0.00000338. The zero-order chi connectivity index (χ0) is 18.2. The number of hydrogen-bond acceptors (Lipinski definition) is 3. The van der Waals surface area contributed by atoms with Crippen molar-refractivity contribution in [3.05, 3.63) is 58.1 Å². The van der Waals surface area contributed by atoms with Crippen molar-refractivity contribution in [2.75, 3.05) is 18.5 Å². The molecule has 0 aliphatic heterocycles. The topological polar surface area (TPSA) is 79.9 Å². The van der Waals surface area contributed by atoms with E-state index in [2.05, 4.69) is 17.2 Å². The van der Waals surface area contributed by atoms with Crippen LogP contribution in [-0.2, 0) is 6.42 Å². The SMILES string of the molecule is CCc1cccc(NC(N)=NCC(O)COc2cccc(Cl)c2Cl)c1.I. The first kappa shape index (κ1) is 22.8. The van der Waals surface area contributed by atoms with Crippen LogP contribution >= 0.6 is 47.2 Å². The second-order valence-electron chi connectivity index (χ2n) is 5.42. The Bertz CT molecular complexity index is 744. The van der Waals surface area contributed by atoms with Crippen LogP contribution in [0.5, 0.6) is 5.75 Å². The number of nitrogens with zero attached hydrogens (tertiary/aromatic N) is 1. The number of halogens is 3. The highest BCUT2D eigenvalue weighted by Crippen LogP contribution is 2.31. The summed E-state index contributed by atoms with van der Waals surface area (Å²) in [5, 5.41) is 13.7. The second kappa shape index (κ2) is 11.5. The normalized spacial score (nSPS) is 12.2. The maximum atomic E-state index is 9.98. The maximum absolute atomic E-state index is 9.98. The first-order chi connectivity index (χ1) is 12.0. The van der Waals surface area contributed by atoms with E-state index in [1.54, 1.807) is 18.2 Å². The van der Waals surface area contributed by atoms with Gasteiger partial charge in [0.1, 0.15) is 23.5 Å². The van der Waals surface area contributed by atoms with E-state index < -0.39 is 6.10 Å². The van der Waals surface area contributed by atoms with Crippen molar-refractivity contribution in [2.24, 2.45) is 10.7 Å². The first-order valence-electron chi connectivity index (χ1n) is 7.90. The lowest BCUT2D eigenvalue weighted by Crippen LogP contribution is -2.27. The molecule has 0 aromatic heterocycles. The summed E-state index contributed by atoms with van der Waals surface area (Å²) in [6, 6.07) is 13.0. The number of aliphatic hydroxyl groups excluding tert-OH is 1. The average Bonchev–Trinajstić information content (AvgIpc) is 2.61. The molecular formula is C18H22Cl2IN3O2. The van der Waals surface area contributed by atoms with Crippen molar-refractivity contribution in [2.45, 2.75) is 19.4 Å². The van der Waals surface area contributed by atoms with Gasteiger partial charge in [-0.15, -0.1) is 24.0 Å². The number of aryl methyl sites for hydroxylation is 1. The molecule has 1 atom stereocenters. The number of aliphatic hydroxyl groups is 1. The van der Waals surface area contributed by atoms with Crippen LogP contribution in [-0.4, -0.2) is 30.3 Å². The highest BCUT2D eigenvalue weighted by Gasteiger charge is 2.09. The molecule has 0 saturated carbocycles. The molecule has 0 aliphatic rings. The van der Waals surface area contributed by atoms with Crippen LogP contribution < -0.4 is 15.8 Å². The summed E-state index contributed by atoms with van der Waals surface area (Å²) >= 11 is 11.9. The highest BCUT2D eigenvalue weighted by molar-refractivity contribution is 14.0. The Labute approximate surface area is 180 Å². The van der Waals surface area contributed by atoms with Gasteiger partial charge in [-0.25, -0.2) is 0 Å². The van der Waals surface area contributed by atoms with Gasteiger partial charge in [-0.2, -0.15) is 0 Å². The molecule has 5 nitrogen and oxygen atoms in total. The van der Waals surface area contributed by atoms with Crippen molar-refractivity contribution < 1.29 is 9.84 Å². The lowest BCUT2D eigenvalue weighted by atomic mass is 10.1. The minimum Gasteiger partial charge on any atom is -0.489 e. The van der Waals surface area contributed by atoms with E-state index in [1.807, 2.05) is 24.3 Å². The molecule has 8 heteroatoms. The third-order valence-corrected chi connectivity index (χ3v) is 4.23. The summed E-state index contributed by atoms with van der Waals surface area (Å²) in [5.74, 6) is 0.646. The smallest absolute Gasteiger partial charge is 0.193 e. The summed E-state index contributed by atoms with van der Waals surface area (Å²) in [6.45, 7) is 2.21. The van der Waals surface area contributed by atoms with Crippen LogP contribution in [0, 0.1) is 0 Å². The zero-order valence-electron chi connectivity index (χ0n) is 14.3. The van der Waals surface area contributed by atoms with Crippen LogP contribution in [0.4, 0.5) is 5.69 Å². The van der Waals surface area contributed by atoms with Crippen molar-refractivity contribution in [3.8, 4) is 5.75 Å². The molecule has 0 radical (unpaired) electrons. The Kier molecular flexibility index (Phi) is 10.1. The Morgan fingerprint density at radius 1 is 1.27 bits per heavy atom. The van der Waals surface area contributed by atoms with Gasteiger partial charge in [-0.1, -0.05) is 48.3 Å². The molecular weight excluding hydrogens is 488 g/mol. The van der Waals surface area contributed by atoms with E-state index in [4.69, 9.17) is 33.7 Å². The summed E-state index contributed by atoms with van der Waals surface area (Å²) in [4.78, 5) is 4.12. The van der Waals surface area contributed by atoms with E-state index in [9.17, 15) is 5.11 Å². The summed E-state index contributed by atoms with van der Waals surface area (Å²) < 4.78 is 5.46. The van der Waals surface area contributed by atoms with Crippen LogP contribution in [0.3, 0.4) is 0 Å². The van der Waals surface area contributed by atoms with Crippen LogP contribution in [0.2, 0.25) is 10.0 Å². The lowest BCUT2D eigenvalue weighted by Gasteiger charge is -2.13. The number of guanidine groups is 1. The molecule has 0 spiro atoms. The predicted octanol–water partition coefficient (Wildman–Crippen LogP) is 4.34. The quantitative estimate of drug-likeness (QED) is 0.294. The first-order valence-corrected chi connectivity index (χ1v) is 8.66. The van der Waals surface area contributed by atoms with Gasteiger partial charge in [0.05, 0.1) is 11.6 Å². The number of nitrogens with two attached hydrogens (primary N) is 1. The van der Waals surface area contributed by atoms with E-state index >= 15 is 0 Å². The molecule has 0 saturated heterocycles. The molecule has 2 rings (SSSR count). The lowest BCUT2D eigenvalue weighted by molar-refractivity contribution is 0.114. The average molecular weight is 510 g/mol. The second-order valence-corrected chi connectivity index (χ2v) is 6.21. The van der Waals surface area contributed by atoms with E-state index in [-0.39, 0.29) is 43.1 Å². The van der Waals surface area contributed by atoms with Gasteiger partial charge in [-0.05, 0) is 36.2 Å². The van der Waals surface area contributed by atoms with Gasteiger partial charge in [0.2, 0.25) is 0 Å². The van der Waals surface area contributed by atoms with Crippen molar-refractivity contribution in [1.29, 1.82) is 0 Å². The van der Waals surface area contributed by atoms with Crippen LogP contribution in [0.15, 0.2) is 47.5 Å².